The van der Waals surface area contributed by atoms with Gasteiger partial charge in [-0.3, -0.25) is 4.55 Å². The van der Waals surface area contributed by atoms with Crippen LogP contribution < -0.4 is 0 Å². The summed E-state index contributed by atoms with van der Waals surface area (Å²) in [6, 6.07) is 3.07. The topological polar surface area (TPSA) is 88.5 Å². The fourth-order valence-electron chi connectivity index (χ4n) is 0.912. The van der Waals surface area contributed by atoms with Crippen LogP contribution in [-0.2, 0) is 20.0 Å². The molecule has 0 spiro atoms. The van der Waals surface area contributed by atoms with Gasteiger partial charge in [0.2, 0.25) is 0 Å². The number of rotatable bonds is 2. The first kappa shape index (κ1) is 12.4. The Morgan fingerprint density at radius 2 is 1.73 bits per heavy atom. The van der Waals surface area contributed by atoms with E-state index >= 15 is 0 Å². The predicted octanol–water partition coefficient (Wildman–Crippen LogP) is 0.990. The summed E-state index contributed by atoms with van der Waals surface area (Å²) in [6.45, 7) is 0. The van der Waals surface area contributed by atoms with Gasteiger partial charge in [-0.1, -0.05) is 11.6 Å². The molecule has 1 aromatic carbocycles. The van der Waals surface area contributed by atoms with Gasteiger partial charge in [0.05, 0.1) is 9.92 Å². The Hall–Kier alpha value is -0.630. The van der Waals surface area contributed by atoms with Gasteiger partial charge in [-0.05, 0) is 18.2 Å². The molecular weight excluding hydrogens is 264 g/mol. The van der Waals surface area contributed by atoms with Crippen molar-refractivity contribution in [2.45, 2.75) is 9.79 Å². The fourth-order valence-corrected chi connectivity index (χ4v) is 2.63. The molecule has 8 heteroatoms. The van der Waals surface area contributed by atoms with E-state index in [0.717, 1.165) is 24.5 Å². The summed E-state index contributed by atoms with van der Waals surface area (Å²) < 4.78 is 52.6. The number of halogens is 1. The lowest BCUT2D eigenvalue weighted by atomic mass is 10.4. The smallest absolute Gasteiger partial charge is 0.282 e. The molecule has 1 aromatic rings. The highest BCUT2D eigenvalue weighted by molar-refractivity contribution is 7.90. The molecule has 0 unspecified atom stereocenters. The molecule has 0 aromatic heterocycles. The summed E-state index contributed by atoms with van der Waals surface area (Å²) in [5, 5.41) is -0.232. The van der Waals surface area contributed by atoms with Crippen LogP contribution in [0.2, 0.25) is 5.02 Å². The summed E-state index contributed by atoms with van der Waals surface area (Å²) in [7, 11) is -8.05. The molecule has 0 saturated carbocycles. The van der Waals surface area contributed by atoms with E-state index in [1.54, 1.807) is 0 Å². The maximum absolute atomic E-state index is 11.1. The molecule has 0 amide bonds. The summed E-state index contributed by atoms with van der Waals surface area (Å²) >= 11 is 5.50. The molecule has 0 aliphatic rings. The summed E-state index contributed by atoms with van der Waals surface area (Å²) in [5.74, 6) is 0. The third-order valence-corrected chi connectivity index (χ3v) is 4.05. The quantitative estimate of drug-likeness (QED) is 0.810. The standard InChI is InChI=1S/C7H7ClO5S2/c1-14(9,10)5-2-3-6(8)7(4-5)15(11,12)13/h2-4H,1H3,(H,11,12,13). The zero-order chi connectivity index (χ0) is 11.9. The van der Waals surface area contributed by atoms with Gasteiger partial charge in [-0.25, -0.2) is 8.42 Å². The van der Waals surface area contributed by atoms with Crippen LogP contribution in [-0.4, -0.2) is 27.6 Å². The van der Waals surface area contributed by atoms with Crippen LogP contribution in [0.25, 0.3) is 0 Å². The molecular formula is C7H7ClO5S2. The van der Waals surface area contributed by atoms with E-state index in [1.165, 1.54) is 0 Å². The SMILES string of the molecule is CS(=O)(=O)c1ccc(Cl)c(S(=O)(=O)O)c1. The normalized spacial score (nSPS) is 12.7. The molecule has 0 aliphatic heterocycles. The highest BCUT2D eigenvalue weighted by Crippen LogP contribution is 2.24. The van der Waals surface area contributed by atoms with Crippen molar-refractivity contribution in [2.75, 3.05) is 6.26 Å². The van der Waals surface area contributed by atoms with Crippen molar-refractivity contribution in [1.29, 1.82) is 0 Å². The van der Waals surface area contributed by atoms with E-state index in [1.807, 2.05) is 0 Å². The van der Waals surface area contributed by atoms with Gasteiger partial charge in [0.15, 0.2) is 9.84 Å². The van der Waals surface area contributed by atoms with E-state index < -0.39 is 24.9 Å². The summed E-state index contributed by atoms with van der Waals surface area (Å²) in [6.07, 6.45) is 0.921. The van der Waals surface area contributed by atoms with E-state index in [9.17, 15) is 16.8 Å². The Bertz CT molecular complexity index is 588. The van der Waals surface area contributed by atoms with Gasteiger partial charge < -0.3 is 0 Å². The molecule has 0 atom stereocenters. The van der Waals surface area contributed by atoms with Gasteiger partial charge in [0, 0.05) is 6.26 Å². The van der Waals surface area contributed by atoms with Crippen molar-refractivity contribution < 1.29 is 21.4 Å². The van der Waals surface area contributed by atoms with Crippen LogP contribution in [0.3, 0.4) is 0 Å². The Balaban J connectivity index is 3.57. The number of hydrogen-bond donors (Lipinski definition) is 1. The molecule has 0 radical (unpaired) electrons. The molecule has 5 nitrogen and oxygen atoms in total. The van der Waals surface area contributed by atoms with Crippen molar-refractivity contribution in [3.05, 3.63) is 23.2 Å². The van der Waals surface area contributed by atoms with Gasteiger partial charge in [-0.2, -0.15) is 8.42 Å². The third kappa shape index (κ3) is 2.91. The lowest BCUT2D eigenvalue weighted by Gasteiger charge is -2.03. The molecule has 0 fully saturated rings. The highest BCUT2D eigenvalue weighted by Gasteiger charge is 2.18. The molecule has 1 rings (SSSR count). The summed E-state index contributed by atoms with van der Waals surface area (Å²) in [4.78, 5) is -0.841. The molecule has 1 N–H and O–H groups in total. The van der Waals surface area contributed by atoms with Crippen molar-refractivity contribution in [3.8, 4) is 0 Å². The third-order valence-electron chi connectivity index (χ3n) is 1.61. The van der Waals surface area contributed by atoms with Crippen LogP contribution in [0, 0.1) is 0 Å². The van der Waals surface area contributed by atoms with Crippen LogP contribution in [0.15, 0.2) is 28.0 Å². The lowest BCUT2D eigenvalue weighted by molar-refractivity contribution is 0.483. The first-order valence-corrected chi connectivity index (χ1v) is 7.30. The number of hydrogen-bond acceptors (Lipinski definition) is 4. The average molecular weight is 271 g/mol. The fraction of sp³-hybridized carbons (Fsp3) is 0.143. The van der Waals surface area contributed by atoms with Gasteiger partial charge in [-0.15, -0.1) is 0 Å². The van der Waals surface area contributed by atoms with Crippen LogP contribution in [0.4, 0.5) is 0 Å². The molecule has 15 heavy (non-hydrogen) atoms. The van der Waals surface area contributed by atoms with Crippen LogP contribution in [0.5, 0.6) is 0 Å². The Labute approximate surface area is 92.4 Å². The second-order valence-corrected chi connectivity index (χ2v) is 6.65. The second kappa shape index (κ2) is 3.75. The van der Waals surface area contributed by atoms with Gasteiger partial charge in [0.25, 0.3) is 10.1 Å². The molecule has 0 bridgehead atoms. The molecule has 84 valence electrons. The van der Waals surface area contributed by atoms with Gasteiger partial charge >= 0.3 is 0 Å². The van der Waals surface area contributed by atoms with E-state index in [0.29, 0.717) is 0 Å². The highest BCUT2D eigenvalue weighted by atomic mass is 35.5. The zero-order valence-electron chi connectivity index (χ0n) is 7.51. The minimum absolute atomic E-state index is 0.223. The zero-order valence-corrected chi connectivity index (χ0v) is 9.90. The Morgan fingerprint density at radius 1 is 1.20 bits per heavy atom. The minimum atomic E-state index is -4.51. The van der Waals surface area contributed by atoms with Crippen molar-refractivity contribution >= 4 is 31.6 Å². The van der Waals surface area contributed by atoms with Crippen molar-refractivity contribution in [2.24, 2.45) is 0 Å². The van der Waals surface area contributed by atoms with Crippen molar-refractivity contribution in [1.82, 2.24) is 0 Å². The number of sulfone groups is 1. The second-order valence-electron chi connectivity index (χ2n) is 2.84. The molecule has 0 aliphatic carbocycles. The predicted molar refractivity (Wildman–Crippen MR) is 54.4 cm³/mol. The monoisotopic (exact) mass is 270 g/mol. The van der Waals surface area contributed by atoms with E-state index in [2.05, 4.69) is 0 Å². The average Bonchev–Trinajstić information content (AvgIpc) is 2.00. The summed E-state index contributed by atoms with van der Waals surface area (Å²) in [5.41, 5.74) is 0. The Kier molecular flexibility index (Phi) is 3.11. The molecule has 0 heterocycles. The minimum Gasteiger partial charge on any atom is -0.282 e. The number of benzene rings is 1. The largest absolute Gasteiger partial charge is 0.296 e. The molecule has 0 saturated heterocycles. The van der Waals surface area contributed by atoms with E-state index in [-0.39, 0.29) is 9.92 Å². The van der Waals surface area contributed by atoms with E-state index in [4.69, 9.17) is 16.2 Å². The van der Waals surface area contributed by atoms with Crippen molar-refractivity contribution in [3.63, 3.8) is 0 Å². The van der Waals surface area contributed by atoms with Crippen LogP contribution >= 0.6 is 11.6 Å². The lowest BCUT2D eigenvalue weighted by Crippen LogP contribution is -2.03. The Morgan fingerprint density at radius 3 is 2.13 bits per heavy atom. The maximum atomic E-state index is 11.1. The van der Waals surface area contributed by atoms with Crippen LogP contribution in [0.1, 0.15) is 0 Å². The van der Waals surface area contributed by atoms with Gasteiger partial charge in [0.1, 0.15) is 4.90 Å². The maximum Gasteiger partial charge on any atom is 0.296 e. The first-order valence-electron chi connectivity index (χ1n) is 3.59. The first-order chi connectivity index (χ1) is 6.62.